The highest BCUT2D eigenvalue weighted by Crippen LogP contribution is 2.34. The van der Waals surface area contributed by atoms with Crippen LogP contribution in [0.1, 0.15) is 10.4 Å². The molecule has 0 N–H and O–H groups in total. The number of carbonyl (C=O) groups excluding carboxylic acids is 1. The molecule has 4 aromatic rings. The van der Waals surface area contributed by atoms with Gasteiger partial charge in [0.25, 0.3) is 5.56 Å². The van der Waals surface area contributed by atoms with Gasteiger partial charge in [-0.25, -0.2) is 9.37 Å². The molecule has 0 bridgehead atoms. The van der Waals surface area contributed by atoms with Crippen molar-refractivity contribution >= 4 is 49.0 Å². The van der Waals surface area contributed by atoms with Gasteiger partial charge in [-0.2, -0.15) is 0 Å². The van der Waals surface area contributed by atoms with Gasteiger partial charge in [-0.05, 0) is 36.4 Å². The Kier molecular flexibility index (Phi) is 3.86. The van der Waals surface area contributed by atoms with Crippen LogP contribution >= 0.6 is 22.9 Å². The van der Waals surface area contributed by atoms with E-state index in [2.05, 4.69) is 4.98 Å². The van der Waals surface area contributed by atoms with Crippen molar-refractivity contribution in [2.75, 3.05) is 0 Å². The molecule has 0 unspecified atom stereocenters. The van der Waals surface area contributed by atoms with Gasteiger partial charge in [0.2, 0.25) is 0 Å². The number of carbonyl (C=O) groups is 1. The highest BCUT2D eigenvalue weighted by atomic mass is 35.5. The first kappa shape index (κ1) is 15.9. The molecular formula is C18H10ClFN2O2S. The molecule has 0 atom stereocenters. The summed E-state index contributed by atoms with van der Waals surface area (Å²) < 4.78 is 15.6. The summed E-state index contributed by atoms with van der Waals surface area (Å²) >= 11 is 7.52. The molecule has 2 aromatic heterocycles. The third-order valence-electron chi connectivity index (χ3n) is 3.90. The second-order valence-electron chi connectivity index (χ2n) is 5.50. The van der Waals surface area contributed by atoms with E-state index < -0.39 is 5.82 Å². The Morgan fingerprint density at radius 1 is 1.20 bits per heavy atom. The molecule has 0 saturated heterocycles. The van der Waals surface area contributed by atoms with E-state index in [1.165, 1.54) is 46.5 Å². The van der Waals surface area contributed by atoms with Crippen molar-refractivity contribution in [3.8, 4) is 0 Å². The number of halogens is 2. The lowest BCUT2D eigenvalue weighted by Gasteiger charge is -2.05. The number of fused-ring (bicyclic) bond motifs is 3. The van der Waals surface area contributed by atoms with Crippen LogP contribution in [0.5, 0.6) is 0 Å². The molecule has 7 heteroatoms. The fourth-order valence-electron chi connectivity index (χ4n) is 2.66. The molecular weight excluding hydrogens is 363 g/mol. The number of nitrogens with zero attached hydrogens (tertiary/aromatic N) is 2. The van der Waals surface area contributed by atoms with E-state index in [4.69, 9.17) is 11.6 Å². The lowest BCUT2D eigenvalue weighted by atomic mass is 10.1. The molecule has 0 aliphatic heterocycles. The number of hydrogen-bond donors (Lipinski definition) is 0. The minimum Gasteiger partial charge on any atom is -0.292 e. The van der Waals surface area contributed by atoms with Crippen LogP contribution in [-0.2, 0) is 6.54 Å². The van der Waals surface area contributed by atoms with Crippen molar-refractivity contribution in [1.29, 1.82) is 0 Å². The molecule has 4 rings (SSSR count). The molecule has 0 aliphatic rings. The maximum absolute atomic E-state index is 13.0. The molecule has 0 saturated carbocycles. The first-order valence-corrected chi connectivity index (χ1v) is 8.59. The lowest BCUT2D eigenvalue weighted by Crippen LogP contribution is -2.24. The summed E-state index contributed by atoms with van der Waals surface area (Å²) in [7, 11) is 0. The average molecular weight is 373 g/mol. The molecule has 25 heavy (non-hydrogen) atoms. The van der Waals surface area contributed by atoms with E-state index >= 15 is 0 Å². The number of ketones is 1. The Hall–Kier alpha value is -2.57. The van der Waals surface area contributed by atoms with Crippen LogP contribution in [0.15, 0.2) is 53.6 Å². The first-order valence-electron chi connectivity index (χ1n) is 7.39. The van der Waals surface area contributed by atoms with E-state index in [1.54, 1.807) is 6.07 Å². The number of thiophene rings is 1. The summed E-state index contributed by atoms with van der Waals surface area (Å²) in [6.45, 7) is -0.157. The predicted octanol–water partition coefficient (Wildman–Crippen LogP) is 4.29. The molecule has 4 nitrogen and oxygen atoms in total. The molecule has 0 radical (unpaired) electrons. The Labute approximate surface area is 150 Å². The Bertz CT molecular complexity index is 1180. The molecule has 124 valence electrons. The van der Waals surface area contributed by atoms with Gasteiger partial charge in [-0.3, -0.25) is 14.2 Å². The van der Waals surface area contributed by atoms with E-state index in [-0.39, 0.29) is 17.9 Å². The van der Waals surface area contributed by atoms with Crippen molar-refractivity contribution in [2.24, 2.45) is 0 Å². The van der Waals surface area contributed by atoms with Gasteiger partial charge in [-0.15, -0.1) is 11.3 Å². The topological polar surface area (TPSA) is 52.0 Å². The van der Waals surface area contributed by atoms with Crippen LogP contribution in [0.3, 0.4) is 0 Å². The minimum atomic E-state index is -0.418. The zero-order chi connectivity index (χ0) is 17.6. The lowest BCUT2D eigenvalue weighted by molar-refractivity contribution is 0.0970. The highest BCUT2D eigenvalue weighted by Gasteiger charge is 2.15. The molecule has 0 spiro atoms. The van der Waals surface area contributed by atoms with Crippen LogP contribution in [0.25, 0.3) is 20.3 Å². The fourth-order valence-corrected chi connectivity index (χ4v) is 4.12. The van der Waals surface area contributed by atoms with Crippen LogP contribution in [-0.4, -0.2) is 15.3 Å². The monoisotopic (exact) mass is 372 g/mol. The number of hydrogen-bond acceptors (Lipinski definition) is 4. The van der Waals surface area contributed by atoms with E-state index in [9.17, 15) is 14.0 Å². The third-order valence-corrected chi connectivity index (χ3v) is 5.35. The summed E-state index contributed by atoms with van der Waals surface area (Å²) in [5.74, 6) is -0.707. The molecule has 0 fully saturated rings. The molecule has 0 aliphatic carbocycles. The first-order chi connectivity index (χ1) is 12.0. The van der Waals surface area contributed by atoms with Crippen LogP contribution in [0.2, 0.25) is 5.02 Å². The average Bonchev–Trinajstić information content (AvgIpc) is 2.99. The normalized spacial score (nSPS) is 11.3. The van der Waals surface area contributed by atoms with Gasteiger partial charge in [0.05, 0.1) is 23.4 Å². The molecule has 2 heterocycles. The maximum atomic E-state index is 13.0. The van der Waals surface area contributed by atoms with Crippen LogP contribution in [0, 0.1) is 5.82 Å². The smallest absolute Gasteiger partial charge is 0.271 e. The zero-order valence-corrected chi connectivity index (χ0v) is 14.3. The second-order valence-corrected chi connectivity index (χ2v) is 6.96. The Morgan fingerprint density at radius 3 is 2.72 bits per heavy atom. The highest BCUT2D eigenvalue weighted by molar-refractivity contribution is 7.25. The van der Waals surface area contributed by atoms with E-state index in [1.807, 2.05) is 12.1 Å². The minimum absolute atomic E-state index is 0.157. The van der Waals surface area contributed by atoms with Crippen LogP contribution < -0.4 is 5.56 Å². The van der Waals surface area contributed by atoms with Gasteiger partial charge >= 0.3 is 0 Å². The van der Waals surface area contributed by atoms with E-state index in [0.29, 0.717) is 20.8 Å². The summed E-state index contributed by atoms with van der Waals surface area (Å²) in [5.41, 5.74) is 0.589. The number of Topliss-reactive ketones (excluding diaryl/α,β-unsaturated/α-hetero) is 1. The van der Waals surface area contributed by atoms with Gasteiger partial charge in [0, 0.05) is 15.6 Å². The quantitative estimate of drug-likeness (QED) is 0.504. The van der Waals surface area contributed by atoms with Crippen molar-refractivity contribution in [3.63, 3.8) is 0 Å². The maximum Gasteiger partial charge on any atom is 0.271 e. The van der Waals surface area contributed by atoms with Gasteiger partial charge < -0.3 is 0 Å². The SMILES string of the molecule is O=C(Cn1cnc2c(sc3cccc(Cl)c32)c1=O)c1ccc(F)cc1. The predicted molar refractivity (Wildman–Crippen MR) is 97.1 cm³/mol. The molecule has 2 aromatic carbocycles. The van der Waals surface area contributed by atoms with Crippen LogP contribution in [0.4, 0.5) is 4.39 Å². The van der Waals surface area contributed by atoms with Gasteiger partial charge in [0.1, 0.15) is 10.5 Å². The largest absolute Gasteiger partial charge is 0.292 e. The summed E-state index contributed by atoms with van der Waals surface area (Å²) in [5, 5.41) is 1.29. The second kappa shape index (κ2) is 6.06. The molecule has 0 amide bonds. The summed E-state index contributed by atoms with van der Waals surface area (Å²) in [6.07, 6.45) is 1.35. The summed E-state index contributed by atoms with van der Waals surface area (Å²) in [6, 6.07) is 10.7. The fraction of sp³-hybridized carbons (Fsp3) is 0.0556. The van der Waals surface area contributed by atoms with Crippen molar-refractivity contribution in [3.05, 3.63) is 75.5 Å². The van der Waals surface area contributed by atoms with Crippen molar-refractivity contribution in [2.45, 2.75) is 6.54 Å². The third kappa shape index (κ3) is 2.73. The van der Waals surface area contributed by atoms with E-state index in [0.717, 1.165) is 10.1 Å². The number of rotatable bonds is 3. The Morgan fingerprint density at radius 2 is 1.96 bits per heavy atom. The Balaban J connectivity index is 1.78. The zero-order valence-electron chi connectivity index (χ0n) is 12.7. The van der Waals surface area contributed by atoms with Gasteiger partial charge in [0.15, 0.2) is 5.78 Å². The van der Waals surface area contributed by atoms with Gasteiger partial charge in [-0.1, -0.05) is 17.7 Å². The van der Waals surface area contributed by atoms with Crippen molar-refractivity contribution in [1.82, 2.24) is 9.55 Å². The number of benzene rings is 2. The summed E-state index contributed by atoms with van der Waals surface area (Å²) in [4.78, 5) is 29.3. The standard InChI is InChI=1S/C18H10ClFN2O2S/c19-12-2-1-3-14-15(12)16-17(25-14)18(24)22(9-21-16)8-13(23)10-4-6-11(20)7-5-10/h1-7,9H,8H2. The van der Waals surface area contributed by atoms with Crippen molar-refractivity contribution < 1.29 is 9.18 Å². The number of aromatic nitrogens is 2.